The number of hydrogen-bond donors (Lipinski definition) is 0. The summed E-state index contributed by atoms with van der Waals surface area (Å²) in [7, 11) is -2.74. The molecule has 0 unspecified atom stereocenters. The molecule has 1 heterocycles. The lowest BCUT2D eigenvalue weighted by atomic mass is 10.2. The molecular formula is C26H26F3N3O4S. The number of ether oxygens (including phenoxy) is 1. The first-order valence-electron chi connectivity index (χ1n) is 11.5. The van der Waals surface area contributed by atoms with Gasteiger partial charge in [-0.1, -0.05) is 36.4 Å². The fourth-order valence-corrected chi connectivity index (χ4v) is 5.61. The number of hydrogen-bond acceptors (Lipinski definition) is 5. The van der Waals surface area contributed by atoms with Crippen molar-refractivity contribution in [2.75, 3.05) is 49.0 Å². The molecule has 0 aliphatic carbocycles. The van der Waals surface area contributed by atoms with E-state index in [1.807, 2.05) is 24.3 Å². The van der Waals surface area contributed by atoms with Crippen LogP contribution in [-0.4, -0.2) is 59.1 Å². The van der Waals surface area contributed by atoms with Gasteiger partial charge in [0, 0.05) is 26.2 Å². The molecule has 1 amide bonds. The van der Waals surface area contributed by atoms with E-state index in [-0.39, 0.29) is 10.6 Å². The second-order valence-corrected chi connectivity index (χ2v) is 10.3. The van der Waals surface area contributed by atoms with Gasteiger partial charge in [0.25, 0.3) is 10.0 Å². The number of amides is 1. The molecule has 37 heavy (non-hydrogen) atoms. The summed E-state index contributed by atoms with van der Waals surface area (Å²) in [5.41, 5.74) is -0.356. The van der Waals surface area contributed by atoms with Gasteiger partial charge in [-0.15, -0.1) is 0 Å². The first-order chi connectivity index (χ1) is 17.6. The lowest BCUT2D eigenvalue weighted by molar-refractivity contribution is -0.137. The number of nitrogens with zero attached hydrogens (tertiary/aromatic N) is 3. The molecule has 3 aromatic rings. The minimum atomic E-state index is -4.67. The molecule has 1 fully saturated rings. The average Bonchev–Trinajstić information content (AvgIpc) is 2.91. The van der Waals surface area contributed by atoms with Crippen LogP contribution in [0.2, 0.25) is 0 Å². The number of benzene rings is 3. The van der Waals surface area contributed by atoms with E-state index >= 15 is 0 Å². The Morgan fingerprint density at radius 1 is 0.919 bits per heavy atom. The summed E-state index contributed by atoms with van der Waals surface area (Å²) in [6.45, 7) is 0.979. The molecule has 0 saturated carbocycles. The maximum Gasteiger partial charge on any atom is 0.416 e. The monoisotopic (exact) mass is 533 g/mol. The molecule has 1 aliphatic rings. The summed E-state index contributed by atoms with van der Waals surface area (Å²) in [5.74, 6) is 0.198. The van der Waals surface area contributed by atoms with Crippen LogP contribution in [-0.2, 0) is 21.0 Å². The van der Waals surface area contributed by atoms with Crippen molar-refractivity contribution in [1.29, 1.82) is 0 Å². The first-order valence-corrected chi connectivity index (χ1v) is 13.0. The molecule has 196 valence electrons. The van der Waals surface area contributed by atoms with Gasteiger partial charge in [-0.05, 0) is 42.5 Å². The van der Waals surface area contributed by atoms with Crippen LogP contribution in [0.3, 0.4) is 0 Å². The Bertz CT molecular complexity index is 1340. The Kier molecular flexibility index (Phi) is 7.63. The van der Waals surface area contributed by atoms with Crippen molar-refractivity contribution in [3.05, 3.63) is 84.4 Å². The second kappa shape index (κ2) is 10.7. The van der Waals surface area contributed by atoms with Crippen molar-refractivity contribution in [2.45, 2.75) is 11.1 Å². The molecule has 1 aliphatic heterocycles. The SMILES string of the molecule is COc1ccccc1N1CCN(C(=O)CN(c2cccc(C(F)(F)F)c2)S(=O)(=O)c2ccccc2)CC1. The summed E-state index contributed by atoms with van der Waals surface area (Å²) in [4.78, 5) is 16.7. The smallest absolute Gasteiger partial charge is 0.416 e. The van der Waals surface area contributed by atoms with E-state index in [9.17, 15) is 26.4 Å². The Labute approximate surface area is 213 Å². The summed E-state index contributed by atoms with van der Waals surface area (Å²) in [5, 5.41) is 0. The Morgan fingerprint density at radius 2 is 1.57 bits per heavy atom. The standard InChI is InChI=1S/C26H26F3N3O4S/c1-36-24-13-6-5-12-23(24)30-14-16-31(17-15-30)25(33)19-32(37(34,35)22-10-3-2-4-11-22)21-9-7-8-20(18-21)26(27,28)29/h2-13,18H,14-17,19H2,1H3. The van der Waals surface area contributed by atoms with Gasteiger partial charge in [0.15, 0.2) is 0 Å². The van der Waals surface area contributed by atoms with Crippen LogP contribution in [0, 0.1) is 0 Å². The zero-order valence-electron chi connectivity index (χ0n) is 20.1. The summed E-state index contributed by atoms with van der Waals surface area (Å²) in [6, 6.07) is 18.8. The molecule has 3 aromatic carbocycles. The maximum atomic E-state index is 13.5. The highest BCUT2D eigenvalue weighted by Gasteiger charge is 2.34. The van der Waals surface area contributed by atoms with E-state index in [4.69, 9.17) is 4.74 Å². The molecule has 0 spiro atoms. The van der Waals surface area contributed by atoms with Crippen LogP contribution >= 0.6 is 0 Å². The predicted octanol–water partition coefficient (Wildman–Crippen LogP) is 4.26. The van der Waals surface area contributed by atoms with E-state index < -0.39 is 34.2 Å². The summed E-state index contributed by atoms with van der Waals surface area (Å²) in [6.07, 6.45) is -4.67. The number of halogens is 3. The van der Waals surface area contributed by atoms with Crippen LogP contribution in [0.4, 0.5) is 24.5 Å². The van der Waals surface area contributed by atoms with Crippen molar-refractivity contribution in [3.63, 3.8) is 0 Å². The zero-order chi connectivity index (χ0) is 26.6. The fraction of sp³-hybridized carbons (Fsp3) is 0.269. The van der Waals surface area contributed by atoms with Gasteiger partial charge < -0.3 is 14.5 Å². The van der Waals surface area contributed by atoms with Crippen LogP contribution < -0.4 is 13.9 Å². The topological polar surface area (TPSA) is 70.2 Å². The molecule has 0 radical (unpaired) electrons. The van der Waals surface area contributed by atoms with Crippen LogP contribution in [0.1, 0.15) is 5.56 Å². The number of carbonyl (C=O) groups excluding carboxylic acids is 1. The van der Waals surface area contributed by atoms with Crippen LogP contribution in [0.25, 0.3) is 0 Å². The van der Waals surface area contributed by atoms with E-state index in [1.54, 1.807) is 13.2 Å². The molecule has 1 saturated heterocycles. The van der Waals surface area contributed by atoms with Gasteiger partial charge in [-0.2, -0.15) is 13.2 Å². The van der Waals surface area contributed by atoms with Gasteiger partial charge in [-0.3, -0.25) is 9.10 Å². The molecule has 0 bridgehead atoms. The normalized spacial score (nSPS) is 14.4. The fourth-order valence-electron chi connectivity index (χ4n) is 4.18. The molecular weight excluding hydrogens is 507 g/mol. The largest absolute Gasteiger partial charge is 0.495 e. The van der Waals surface area contributed by atoms with E-state index in [1.165, 1.54) is 35.2 Å². The maximum absolute atomic E-state index is 13.5. The third kappa shape index (κ3) is 5.82. The molecule has 4 rings (SSSR count). The second-order valence-electron chi connectivity index (χ2n) is 8.41. The number of anilines is 2. The highest BCUT2D eigenvalue weighted by Crippen LogP contribution is 2.33. The summed E-state index contributed by atoms with van der Waals surface area (Å²) < 4.78 is 73.2. The van der Waals surface area contributed by atoms with Crippen LogP contribution in [0.15, 0.2) is 83.8 Å². The van der Waals surface area contributed by atoms with Crippen molar-refractivity contribution < 1.29 is 31.1 Å². The minimum Gasteiger partial charge on any atom is -0.495 e. The van der Waals surface area contributed by atoms with Gasteiger partial charge in [0.1, 0.15) is 12.3 Å². The molecule has 0 aromatic heterocycles. The van der Waals surface area contributed by atoms with E-state index in [0.717, 1.165) is 28.2 Å². The number of para-hydroxylation sites is 2. The molecule has 0 N–H and O–H groups in total. The minimum absolute atomic E-state index is 0.124. The third-order valence-corrected chi connectivity index (χ3v) is 7.92. The van der Waals surface area contributed by atoms with Gasteiger partial charge in [-0.25, -0.2) is 8.42 Å². The quantitative estimate of drug-likeness (QED) is 0.454. The third-order valence-electron chi connectivity index (χ3n) is 6.13. The molecule has 0 atom stereocenters. The lowest BCUT2D eigenvalue weighted by Crippen LogP contribution is -2.52. The van der Waals surface area contributed by atoms with Crippen LogP contribution in [0.5, 0.6) is 5.75 Å². The van der Waals surface area contributed by atoms with Crippen molar-refractivity contribution in [3.8, 4) is 5.75 Å². The first kappa shape index (κ1) is 26.3. The number of piperazine rings is 1. The number of sulfonamides is 1. The van der Waals surface area contributed by atoms with Crippen molar-refractivity contribution in [2.24, 2.45) is 0 Å². The number of alkyl halides is 3. The van der Waals surface area contributed by atoms with E-state index in [2.05, 4.69) is 4.90 Å². The Hall–Kier alpha value is -3.73. The van der Waals surface area contributed by atoms with E-state index in [0.29, 0.717) is 31.9 Å². The number of methoxy groups -OCH3 is 1. The Morgan fingerprint density at radius 3 is 2.22 bits per heavy atom. The lowest BCUT2D eigenvalue weighted by Gasteiger charge is -2.37. The van der Waals surface area contributed by atoms with Crippen molar-refractivity contribution in [1.82, 2.24) is 4.90 Å². The predicted molar refractivity (Wildman–Crippen MR) is 134 cm³/mol. The highest BCUT2D eigenvalue weighted by atomic mass is 32.2. The summed E-state index contributed by atoms with van der Waals surface area (Å²) >= 11 is 0. The van der Waals surface area contributed by atoms with Gasteiger partial charge in [0.05, 0.1) is 28.9 Å². The molecule has 11 heteroatoms. The highest BCUT2D eigenvalue weighted by molar-refractivity contribution is 7.92. The Balaban J connectivity index is 1.58. The average molecular weight is 534 g/mol. The van der Waals surface area contributed by atoms with Crippen molar-refractivity contribution >= 4 is 27.3 Å². The zero-order valence-corrected chi connectivity index (χ0v) is 20.9. The molecule has 7 nitrogen and oxygen atoms in total. The van der Waals surface area contributed by atoms with Gasteiger partial charge in [0.2, 0.25) is 5.91 Å². The number of carbonyl (C=O) groups is 1. The number of rotatable bonds is 7. The van der Waals surface area contributed by atoms with Gasteiger partial charge >= 0.3 is 6.18 Å².